The summed E-state index contributed by atoms with van der Waals surface area (Å²) in [7, 11) is 0. The average molecular weight is 397 g/mol. The summed E-state index contributed by atoms with van der Waals surface area (Å²) in [4.78, 5) is 9.63. The van der Waals surface area contributed by atoms with Gasteiger partial charge in [-0.1, -0.05) is 60.1 Å². The summed E-state index contributed by atoms with van der Waals surface area (Å²) in [5, 5.41) is 9.82. The van der Waals surface area contributed by atoms with Gasteiger partial charge in [0, 0.05) is 21.8 Å². The molecule has 1 aromatic heterocycles. The number of benzene rings is 4. The lowest BCUT2D eigenvalue weighted by Gasteiger charge is -2.15. The highest BCUT2D eigenvalue weighted by Crippen LogP contribution is 2.31. The fourth-order valence-corrected chi connectivity index (χ4v) is 3.43. The molecule has 0 aliphatic carbocycles. The lowest BCUT2D eigenvalue weighted by Crippen LogP contribution is -2.03. The highest BCUT2D eigenvalue weighted by Gasteiger charge is 2.11. The van der Waals surface area contributed by atoms with Crippen LogP contribution >= 0.6 is 11.6 Å². The highest BCUT2D eigenvalue weighted by atomic mass is 35.5. The fraction of sp³-hybridized carbons (Fsp3) is 0. The van der Waals surface area contributed by atoms with Gasteiger partial charge in [-0.05, 0) is 47.9 Å². The number of halogens is 1. The first kappa shape index (κ1) is 17.5. The van der Waals surface area contributed by atoms with Crippen molar-refractivity contribution in [2.75, 3.05) is 10.6 Å². The zero-order valence-electron chi connectivity index (χ0n) is 15.4. The minimum atomic E-state index is 0.652. The van der Waals surface area contributed by atoms with E-state index in [4.69, 9.17) is 21.6 Å². The molecule has 0 fully saturated rings. The highest BCUT2D eigenvalue weighted by molar-refractivity contribution is 6.30. The number of anilines is 4. The van der Waals surface area contributed by atoms with Crippen molar-refractivity contribution >= 4 is 56.4 Å². The first-order valence-electron chi connectivity index (χ1n) is 9.30. The quantitative estimate of drug-likeness (QED) is 0.346. The molecule has 0 bridgehead atoms. The number of para-hydroxylation sites is 2. The molecule has 1 heterocycles. The maximum Gasteiger partial charge on any atom is 0.174 e. The second-order valence-electron chi connectivity index (χ2n) is 6.69. The summed E-state index contributed by atoms with van der Waals surface area (Å²) >= 11 is 6.02. The van der Waals surface area contributed by atoms with Gasteiger partial charge in [-0.3, -0.25) is 0 Å². The third-order valence-corrected chi connectivity index (χ3v) is 4.97. The Kier molecular flexibility index (Phi) is 4.47. The van der Waals surface area contributed by atoms with E-state index in [-0.39, 0.29) is 0 Å². The van der Waals surface area contributed by atoms with Crippen LogP contribution in [0.5, 0.6) is 0 Å². The SMILES string of the molecule is Clc1ccc(Nc2nc3ccccc3nc2Nc2cccc3ccccc23)cc1. The van der Waals surface area contributed by atoms with Gasteiger partial charge in [-0.15, -0.1) is 0 Å². The number of hydrogen-bond acceptors (Lipinski definition) is 4. The summed E-state index contributed by atoms with van der Waals surface area (Å²) in [5.41, 5.74) is 3.52. The molecule has 4 aromatic carbocycles. The van der Waals surface area contributed by atoms with E-state index in [9.17, 15) is 0 Å². The molecule has 0 saturated heterocycles. The molecule has 0 radical (unpaired) electrons. The van der Waals surface area contributed by atoms with Crippen molar-refractivity contribution < 1.29 is 0 Å². The van der Waals surface area contributed by atoms with Gasteiger partial charge < -0.3 is 10.6 Å². The first-order valence-corrected chi connectivity index (χ1v) is 9.68. The lowest BCUT2D eigenvalue weighted by molar-refractivity contribution is 1.27. The molecule has 4 nitrogen and oxygen atoms in total. The second-order valence-corrected chi connectivity index (χ2v) is 7.13. The standard InChI is InChI=1S/C24H17ClN4/c25-17-12-14-18(15-13-17)26-23-24(29-22-10-4-3-9-21(22)28-23)27-20-11-5-7-16-6-1-2-8-19(16)20/h1-15H,(H,26,28)(H,27,29). The van der Waals surface area contributed by atoms with Gasteiger partial charge in [0.2, 0.25) is 0 Å². The van der Waals surface area contributed by atoms with Crippen molar-refractivity contribution in [3.8, 4) is 0 Å². The maximum atomic E-state index is 6.02. The van der Waals surface area contributed by atoms with Crippen molar-refractivity contribution in [2.24, 2.45) is 0 Å². The van der Waals surface area contributed by atoms with Crippen molar-refractivity contribution in [1.29, 1.82) is 0 Å². The molecule has 5 aromatic rings. The Morgan fingerprint density at radius 1 is 0.586 bits per heavy atom. The average Bonchev–Trinajstić information content (AvgIpc) is 2.76. The molecule has 0 amide bonds. The van der Waals surface area contributed by atoms with Crippen LogP contribution in [0.15, 0.2) is 91.0 Å². The third kappa shape index (κ3) is 3.58. The molecular weight excluding hydrogens is 380 g/mol. The van der Waals surface area contributed by atoms with E-state index in [1.54, 1.807) is 0 Å². The predicted octanol–water partition coefficient (Wildman–Crippen LogP) is 6.92. The summed E-state index contributed by atoms with van der Waals surface area (Å²) in [5.74, 6) is 1.31. The molecule has 0 saturated carbocycles. The van der Waals surface area contributed by atoms with Gasteiger partial charge in [0.25, 0.3) is 0 Å². The number of nitrogens with one attached hydrogen (secondary N) is 2. The van der Waals surface area contributed by atoms with Crippen molar-refractivity contribution in [3.63, 3.8) is 0 Å². The van der Waals surface area contributed by atoms with Crippen LogP contribution in [0.4, 0.5) is 23.0 Å². The minimum Gasteiger partial charge on any atom is -0.337 e. The summed E-state index contributed by atoms with van der Waals surface area (Å²) < 4.78 is 0. The van der Waals surface area contributed by atoms with Crippen LogP contribution in [-0.4, -0.2) is 9.97 Å². The Balaban J connectivity index is 1.61. The Hall–Kier alpha value is -3.63. The van der Waals surface area contributed by atoms with Gasteiger partial charge in [-0.25, -0.2) is 9.97 Å². The van der Waals surface area contributed by atoms with E-state index in [1.807, 2.05) is 72.8 Å². The Morgan fingerprint density at radius 3 is 1.97 bits per heavy atom. The van der Waals surface area contributed by atoms with E-state index < -0.39 is 0 Å². The molecular formula is C24H17ClN4. The summed E-state index contributed by atoms with van der Waals surface area (Å²) in [6, 6.07) is 29.8. The molecule has 0 aliphatic heterocycles. The second kappa shape index (κ2) is 7.41. The van der Waals surface area contributed by atoms with Gasteiger partial charge >= 0.3 is 0 Å². The Labute approximate surface area is 173 Å². The lowest BCUT2D eigenvalue weighted by atomic mass is 10.1. The van der Waals surface area contributed by atoms with Crippen LogP contribution in [0.2, 0.25) is 5.02 Å². The van der Waals surface area contributed by atoms with Gasteiger partial charge in [0.1, 0.15) is 0 Å². The minimum absolute atomic E-state index is 0.652. The molecule has 5 rings (SSSR count). The molecule has 0 aliphatic rings. The normalized spacial score (nSPS) is 10.9. The molecule has 5 heteroatoms. The molecule has 0 unspecified atom stereocenters. The Morgan fingerprint density at radius 2 is 1.21 bits per heavy atom. The van der Waals surface area contributed by atoms with Crippen molar-refractivity contribution in [1.82, 2.24) is 9.97 Å². The summed E-state index contributed by atoms with van der Waals surface area (Å²) in [6.07, 6.45) is 0. The zero-order valence-corrected chi connectivity index (χ0v) is 16.2. The van der Waals surface area contributed by atoms with E-state index in [2.05, 4.69) is 28.8 Å². The van der Waals surface area contributed by atoms with Gasteiger partial charge in [-0.2, -0.15) is 0 Å². The predicted molar refractivity (Wildman–Crippen MR) is 122 cm³/mol. The maximum absolute atomic E-state index is 6.02. The van der Waals surface area contributed by atoms with E-state index in [0.717, 1.165) is 27.8 Å². The number of fused-ring (bicyclic) bond motifs is 2. The van der Waals surface area contributed by atoms with Gasteiger partial charge in [0.15, 0.2) is 11.6 Å². The van der Waals surface area contributed by atoms with Crippen molar-refractivity contribution in [3.05, 3.63) is 96.0 Å². The summed E-state index contributed by atoms with van der Waals surface area (Å²) in [6.45, 7) is 0. The molecule has 29 heavy (non-hydrogen) atoms. The topological polar surface area (TPSA) is 49.8 Å². The number of hydrogen-bond donors (Lipinski definition) is 2. The monoisotopic (exact) mass is 396 g/mol. The van der Waals surface area contributed by atoms with Crippen LogP contribution in [-0.2, 0) is 0 Å². The molecule has 2 N–H and O–H groups in total. The fourth-order valence-electron chi connectivity index (χ4n) is 3.31. The van der Waals surface area contributed by atoms with Crippen LogP contribution in [0, 0.1) is 0 Å². The largest absolute Gasteiger partial charge is 0.337 e. The first-order chi connectivity index (χ1) is 14.3. The van der Waals surface area contributed by atoms with Gasteiger partial charge in [0.05, 0.1) is 11.0 Å². The van der Waals surface area contributed by atoms with Crippen LogP contribution in [0.25, 0.3) is 21.8 Å². The number of rotatable bonds is 4. The number of nitrogens with zero attached hydrogens (tertiary/aromatic N) is 2. The van der Waals surface area contributed by atoms with Crippen LogP contribution in [0.1, 0.15) is 0 Å². The van der Waals surface area contributed by atoms with Crippen molar-refractivity contribution in [2.45, 2.75) is 0 Å². The third-order valence-electron chi connectivity index (χ3n) is 4.72. The number of aromatic nitrogens is 2. The van der Waals surface area contributed by atoms with E-state index >= 15 is 0 Å². The van der Waals surface area contributed by atoms with Crippen LogP contribution in [0.3, 0.4) is 0 Å². The molecule has 0 atom stereocenters. The van der Waals surface area contributed by atoms with Crippen LogP contribution < -0.4 is 10.6 Å². The molecule has 140 valence electrons. The van der Waals surface area contributed by atoms with E-state index in [1.165, 1.54) is 5.39 Å². The zero-order chi connectivity index (χ0) is 19.6. The smallest absolute Gasteiger partial charge is 0.174 e. The Bertz CT molecular complexity index is 1310. The molecule has 0 spiro atoms. The van der Waals surface area contributed by atoms with E-state index in [0.29, 0.717) is 16.7 Å².